The Morgan fingerprint density at radius 3 is 1.69 bits per heavy atom. The van der Waals surface area contributed by atoms with Gasteiger partial charge < -0.3 is 24.1 Å². The molecular formula is C21H44O5. The maximum Gasteiger partial charge on any atom is 0.101 e. The third kappa shape index (κ3) is 18.6. The number of aliphatic hydroxyl groups is 1. The van der Waals surface area contributed by atoms with Crippen molar-refractivity contribution in [2.24, 2.45) is 0 Å². The lowest BCUT2D eigenvalue weighted by molar-refractivity contribution is -0.0826. The van der Waals surface area contributed by atoms with Gasteiger partial charge >= 0.3 is 0 Å². The van der Waals surface area contributed by atoms with Gasteiger partial charge in [0.25, 0.3) is 0 Å². The normalized spacial score (nSPS) is 15.1. The van der Waals surface area contributed by atoms with Crippen molar-refractivity contribution in [3.63, 3.8) is 0 Å². The Bertz CT molecular complexity index is 249. The smallest absolute Gasteiger partial charge is 0.101 e. The second-order valence-corrected chi connectivity index (χ2v) is 7.21. The van der Waals surface area contributed by atoms with Gasteiger partial charge in [0.05, 0.1) is 38.6 Å². The molecule has 0 aromatic rings. The average Bonchev–Trinajstić information content (AvgIpc) is 2.64. The molecule has 0 bridgehead atoms. The van der Waals surface area contributed by atoms with Crippen molar-refractivity contribution in [3.8, 4) is 0 Å². The van der Waals surface area contributed by atoms with Crippen LogP contribution in [-0.4, -0.2) is 63.1 Å². The van der Waals surface area contributed by atoms with Crippen LogP contribution in [0, 0.1) is 0 Å². The van der Waals surface area contributed by atoms with Crippen LogP contribution in [0.15, 0.2) is 0 Å². The van der Waals surface area contributed by atoms with E-state index in [1.54, 1.807) is 0 Å². The van der Waals surface area contributed by atoms with Crippen molar-refractivity contribution < 1.29 is 24.1 Å². The van der Waals surface area contributed by atoms with Crippen LogP contribution in [0.4, 0.5) is 0 Å². The van der Waals surface area contributed by atoms with Crippen molar-refractivity contribution in [2.75, 3.05) is 39.6 Å². The Kier molecular flexibility index (Phi) is 19.4. The van der Waals surface area contributed by atoms with Crippen molar-refractivity contribution in [2.45, 2.75) is 97.4 Å². The van der Waals surface area contributed by atoms with Gasteiger partial charge in [0.1, 0.15) is 6.10 Å². The minimum Gasteiger partial charge on any atom is -0.388 e. The number of hydrogen-bond donors (Lipinski definition) is 1. The zero-order valence-corrected chi connectivity index (χ0v) is 17.7. The molecule has 0 aliphatic heterocycles. The molecule has 0 saturated heterocycles. The first-order valence-electron chi connectivity index (χ1n) is 10.7. The molecule has 0 aromatic carbocycles. The van der Waals surface area contributed by atoms with E-state index >= 15 is 0 Å². The molecule has 0 saturated carbocycles. The Morgan fingerprint density at radius 2 is 1.12 bits per heavy atom. The fourth-order valence-corrected chi connectivity index (χ4v) is 2.45. The van der Waals surface area contributed by atoms with E-state index in [0.29, 0.717) is 26.4 Å². The molecule has 0 aromatic heterocycles. The third-order valence-corrected chi connectivity index (χ3v) is 4.14. The summed E-state index contributed by atoms with van der Waals surface area (Å²) < 4.78 is 22.5. The molecule has 0 fully saturated rings. The molecule has 0 heterocycles. The molecule has 5 nitrogen and oxygen atoms in total. The van der Waals surface area contributed by atoms with Crippen LogP contribution < -0.4 is 0 Å². The topological polar surface area (TPSA) is 57.2 Å². The van der Waals surface area contributed by atoms with E-state index in [4.69, 9.17) is 18.9 Å². The van der Waals surface area contributed by atoms with Crippen molar-refractivity contribution in [1.82, 2.24) is 0 Å². The van der Waals surface area contributed by atoms with Crippen LogP contribution in [0.3, 0.4) is 0 Å². The molecule has 0 radical (unpaired) electrons. The lowest BCUT2D eigenvalue weighted by atomic mass is 10.2. The fourth-order valence-electron chi connectivity index (χ4n) is 2.45. The molecule has 3 unspecified atom stereocenters. The Balaban J connectivity index is 3.47. The molecule has 5 heteroatoms. The lowest BCUT2D eigenvalue weighted by Crippen LogP contribution is -2.28. The van der Waals surface area contributed by atoms with Gasteiger partial charge in [-0.25, -0.2) is 0 Å². The minimum atomic E-state index is -0.576. The average molecular weight is 377 g/mol. The summed E-state index contributed by atoms with van der Waals surface area (Å²) in [6.07, 6.45) is 9.03. The van der Waals surface area contributed by atoms with Crippen molar-refractivity contribution >= 4 is 0 Å². The first kappa shape index (κ1) is 25.8. The van der Waals surface area contributed by atoms with E-state index in [1.807, 2.05) is 13.8 Å². The van der Waals surface area contributed by atoms with Crippen molar-refractivity contribution in [3.05, 3.63) is 0 Å². The summed E-state index contributed by atoms with van der Waals surface area (Å²) in [6.45, 7) is 11.6. The zero-order valence-electron chi connectivity index (χ0n) is 17.7. The molecule has 0 aliphatic rings. The highest BCUT2D eigenvalue weighted by atomic mass is 16.6. The monoisotopic (exact) mass is 376 g/mol. The molecule has 0 aliphatic carbocycles. The first-order chi connectivity index (χ1) is 12.6. The molecule has 0 spiro atoms. The minimum absolute atomic E-state index is 0.0544. The highest BCUT2D eigenvalue weighted by Crippen LogP contribution is 2.03. The Hall–Kier alpha value is -0.200. The third-order valence-electron chi connectivity index (χ3n) is 4.14. The molecule has 26 heavy (non-hydrogen) atoms. The number of rotatable bonds is 20. The number of hydrogen-bond acceptors (Lipinski definition) is 5. The van der Waals surface area contributed by atoms with Gasteiger partial charge in [-0.05, 0) is 26.7 Å². The summed E-state index contributed by atoms with van der Waals surface area (Å²) in [6, 6.07) is 0. The largest absolute Gasteiger partial charge is 0.388 e. The van der Waals surface area contributed by atoms with E-state index in [1.165, 1.54) is 38.5 Å². The summed E-state index contributed by atoms with van der Waals surface area (Å²) >= 11 is 0. The maximum atomic E-state index is 9.87. The highest BCUT2D eigenvalue weighted by molar-refractivity contribution is 4.57. The van der Waals surface area contributed by atoms with E-state index in [0.717, 1.165) is 19.4 Å². The summed E-state index contributed by atoms with van der Waals surface area (Å²) in [5, 5.41) is 9.87. The maximum absolute atomic E-state index is 9.87. The van der Waals surface area contributed by atoms with Gasteiger partial charge in [-0.1, -0.05) is 52.4 Å². The van der Waals surface area contributed by atoms with Crippen LogP contribution in [0.5, 0.6) is 0 Å². The molecule has 158 valence electrons. The molecular weight excluding hydrogens is 332 g/mol. The van der Waals surface area contributed by atoms with E-state index in [9.17, 15) is 5.11 Å². The highest BCUT2D eigenvalue weighted by Gasteiger charge is 2.11. The SMILES string of the molecule is CCCCCCOCC(O)COC(C)COC(C)COCCCCCC. The zero-order chi connectivity index (χ0) is 19.5. The van der Waals surface area contributed by atoms with Gasteiger partial charge in [0.15, 0.2) is 0 Å². The lowest BCUT2D eigenvalue weighted by Gasteiger charge is -2.19. The molecule has 0 amide bonds. The van der Waals surface area contributed by atoms with Gasteiger partial charge in [0.2, 0.25) is 0 Å². The number of aliphatic hydroxyl groups excluding tert-OH is 1. The Labute approximate surface area is 161 Å². The predicted octanol–water partition coefficient (Wildman–Crippen LogP) is 4.35. The quantitative estimate of drug-likeness (QED) is 0.320. The van der Waals surface area contributed by atoms with Crippen LogP contribution in [0.25, 0.3) is 0 Å². The van der Waals surface area contributed by atoms with Gasteiger partial charge in [0, 0.05) is 13.2 Å². The second-order valence-electron chi connectivity index (χ2n) is 7.21. The summed E-state index contributed by atoms with van der Waals surface area (Å²) in [4.78, 5) is 0. The summed E-state index contributed by atoms with van der Waals surface area (Å²) in [5.74, 6) is 0. The molecule has 0 rings (SSSR count). The molecule has 3 atom stereocenters. The van der Waals surface area contributed by atoms with E-state index in [-0.39, 0.29) is 18.8 Å². The van der Waals surface area contributed by atoms with Crippen molar-refractivity contribution in [1.29, 1.82) is 0 Å². The standard InChI is InChI=1S/C21H44O5/c1-5-7-9-11-13-23-15-19(3)25-16-20(4)26-18-21(22)17-24-14-12-10-8-6-2/h19-22H,5-18H2,1-4H3. The van der Waals surface area contributed by atoms with Crippen LogP contribution in [-0.2, 0) is 18.9 Å². The second kappa shape index (κ2) is 19.6. The van der Waals surface area contributed by atoms with Crippen LogP contribution in [0.1, 0.15) is 79.1 Å². The number of unbranched alkanes of at least 4 members (excludes halogenated alkanes) is 6. The predicted molar refractivity (Wildman–Crippen MR) is 107 cm³/mol. The summed E-state index contributed by atoms with van der Waals surface area (Å²) in [7, 11) is 0. The fraction of sp³-hybridized carbons (Fsp3) is 1.00. The number of ether oxygens (including phenoxy) is 4. The molecule has 1 N–H and O–H groups in total. The van der Waals surface area contributed by atoms with E-state index < -0.39 is 6.10 Å². The van der Waals surface area contributed by atoms with Gasteiger partial charge in [-0.3, -0.25) is 0 Å². The van der Waals surface area contributed by atoms with Gasteiger partial charge in [-0.15, -0.1) is 0 Å². The first-order valence-corrected chi connectivity index (χ1v) is 10.7. The van der Waals surface area contributed by atoms with Gasteiger partial charge in [-0.2, -0.15) is 0 Å². The van der Waals surface area contributed by atoms with E-state index in [2.05, 4.69) is 13.8 Å². The van der Waals surface area contributed by atoms with Crippen LogP contribution >= 0.6 is 0 Å². The van der Waals surface area contributed by atoms with Crippen LogP contribution in [0.2, 0.25) is 0 Å². The summed E-state index contributed by atoms with van der Waals surface area (Å²) in [5.41, 5.74) is 0. The Morgan fingerprint density at radius 1 is 0.615 bits per heavy atom.